The number of carboxylic acid groups (broad SMARTS) is 2. The van der Waals surface area contributed by atoms with Crippen molar-refractivity contribution in [3.05, 3.63) is 45.5 Å². The van der Waals surface area contributed by atoms with Gasteiger partial charge in [-0.1, -0.05) is 0 Å². The first-order valence-corrected chi connectivity index (χ1v) is 14.9. The highest BCUT2D eigenvalue weighted by atomic mass is 32.1. The second kappa shape index (κ2) is 19.0. The molecule has 3 N–H and O–H groups in total. The molecule has 0 aliphatic carbocycles. The lowest BCUT2D eigenvalue weighted by Gasteiger charge is -2.28. The van der Waals surface area contributed by atoms with Crippen molar-refractivity contribution in [1.82, 2.24) is 14.1 Å². The number of esters is 1. The first kappa shape index (κ1) is 38.4. The van der Waals surface area contributed by atoms with Crippen molar-refractivity contribution in [3.63, 3.8) is 0 Å². The first-order chi connectivity index (χ1) is 22.2. The smallest absolute Gasteiger partial charge is 0.342 e. The lowest BCUT2D eigenvalue weighted by atomic mass is 10.1. The molecule has 0 amide bonds. The van der Waals surface area contributed by atoms with Crippen molar-refractivity contribution in [2.75, 3.05) is 64.7 Å². The quantitative estimate of drug-likeness (QED) is 0.0753. The van der Waals surface area contributed by atoms with Crippen LogP contribution in [0.3, 0.4) is 0 Å². The fraction of sp³-hybridized carbons (Fsp3) is 0.536. The van der Waals surface area contributed by atoms with Crippen LogP contribution in [-0.2, 0) is 23.9 Å². The molecule has 1 fully saturated rings. The molecule has 18 nitrogen and oxygen atoms in total. The van der Waals surface area contributed by atoms with Gasteiger partial charge in [0.2, 0.25) is 5.82 Å². The highest BCUT2D eigenvalue weighted by Gasteiger charge is 2.26. The predicted octanol–water partition coefficient (Wildman–Crippen LogP) is 1.98. The Morgan fingerprint density at radius 1 is 1.13 bits per heavy atom. The van der Waals surface area contributed by atoms with Gasteiger partial charge in [0.25, 0.3) is 11.0 Å². The maximum atomic E-state index is 13.3. The zero-order valence-electron chi connectivity index (χ0n) is 26.6. The van der Waals surface area contributed by atoms with Gasteiger partial charge in [0.05, 0.1) is 32.1 Å². The summed E-state index contributed by atoms with van der Waals surface area (Å²) in [5, 5.41) is 28.4. The van der Waals surface area contributed by atoms with Crippen LogP contribution in [0.25, 0.3) is 0 Å². The van der Waals surface area contributed by atoms with E-state index in [-0.39, 0.29) is 36.7 Å². The van der Waals surface area contributed by atoms with Gasteiger partial charge in [-0.25, -0.2) is 14.4 Å². The third-order valence-corrected chi connectivity index (χ3v) is 6.41. The van der Waals surface area contributed by atoms with Crippen molar-refractivity contribution in [2.24, 2.45) is 0 Å². The molecule has 1 aliphatic heterocycles. The number of morpholine rings is 1. The van der Waals surface area contributed by atoms with E-state index in [1.54, 1.807) is 13.0 Å². The van der Waals surface area contributed by atoms with E-state index in [1.807, 2.05) is 20.8 Å². The van der Waals surface area contributed by atoms with E-state index in [4.69, 9.17) is 33.9 Å². The number of aromatic nitrogens is 2. The fourth-order valence-corrected chi connectivity index (χ4v) is 4.33. The maximum Gasteiger partial charge on any atom is 0.342 e. The summed E-state index contributed by atoms with van der Waals surface area (Å²) in [6.45, 7) is 10.4. The molecule has 2 aromatic rings. The number of methoxy groups -OCH3 is 1. The van der Waals surface area contributed by atoms with Crippen LogP contribution in [0, 0.1) is 17.0 Å². The van der Waals surface area contributed by atoms with Gasteiger partial charge < -0.3 is 49.0 Å². The van der Waals surface area contributed by atoms with Gasteiger partial charge in [-0.2, -0.15) is 4.37 Å². The van der Waals surface area contributed by atoms with Crippen LogP contribution >= 0.6 is 11.7 Å². The minimum absolute atomic E-state index is 0.0522. The summed E-state index contributed by atoms with van der Waals surface area (Å²) < 4.78 is 36.9. The number of ether oxygens (including phenoxy) is 5. The second-order valence-electron chi connectivity index (χ2n) is 10.7. The third-order valence-electron chi connectivity index (χ3n) is 5.91. The van der Waals surface area contributed by atoms with Gasteiger partial charge in [-0.15, -0.1) is 14.5 Å². The summed E-state index contributed by atoms with van der Waals surface area (Å²) in [6, 6.07) is 3.14. The SMILES string of the molecule is COc1cc(OCCO[N+](=O)[O-])cc(C)c1C(=O)O[C@@H](CNC(C)(C)C)COc1nsnc1N1CCOCC1.O=C(O)/C=C\C(=O)O. The van der Waals surface area contributed by atoms with E-state index < -0.39 is 29.1 Å². The van der Waals surface area contributed by atoms with Crippen molar-refractivity contribution in [2.45, 2.75) is 39.3 Å². The van der Waals surface area contributed by atoms with Gasteiger partial charge in [-0.05, 0) is 39.3 Å². The number of aryl methyl sites for hydroxylation is 1. The van der Waals surface area contributed by atoms with Crippen LogP contribution in [0.2, 0.25) is 0 Å². The van der Waals surface area contributed by atoms with Crippen LogP contribution in [0.1, 0.15) is 36.7 Å². The van der Waals surface area contributed by atoms with E-state index in [1.165, 1.54) is 13.2 Å². The number of nitrogens with one attached hydrogen (secondary N) is 1. The molecule has 1 saturated heterocycles. The topological polar surface area (TPSA) is 231 Å². The van der Waals surface area contributed by atoms with Crippen molar-refractivity contribution in [1.29, 1.82) is 0 Å². The summed E-state index contributed by atoms with van der Waals surface area (Å²) >= 11 is 1.06. The molecule has 0 bridgehead atoms. The maximum absolute atomic E-state index is 13.3. The molecular weight excluding hydrogens is 646 g/mol. The average Bonchev–Trinajstić information content (AvgIpc) is 3.48. The van der Waals surface area contributed by atoms with Gasteiger partial charge in [0, 0.05) is 43.4 Å². The number of nitrogens with zero attached hydrogens (tertiary/aromatic N) is 4. The number of rotatable bonds is 16. The molecule has 1 aliphatic rings. The molecule has 19 heteroatoms. The van der Waals surface area contributed by atoms with Crippen LogP contribution in [-0.4, -0.2) is 113 Å². The Hall–Kier alpha value is -4.75. The minimum atomic E-state index is -1.26. The molecule has 1 aromatic carbocycles. The summed E-state index contributed by atoms with van der Waals surface area (Å²) in [7, 11) is 1.43. The molecular formula is C28H39N5O13S. The zero-order chi connectivity index (χ0) is 35.0. The summed E-state index contributed by atoms with van der Waals surface area (Å²) in [5.41, 5.74) is 0.555. The number of benzene rings is 1. The number of carbonyl (C=O) groups excluding carboxylic acids is 1. The Kier molecular flexibility index (Phi) is 15.6. The molecule has 1 aromatic heterocycles. The number of anilines is 1. The number of hydrogen-bond acceptors (Lipinski definition) is 16. The van der Waals surface area contributed by atoms with E-state index in [2.05, 4.69) is 23.8 Å². The van der Waals surface area contributed by atoms with Crippen LogP contribution in [0.5, 0.6) is 17.4 Å². The predicted molar refractivity (Wildman–Crippen MR) is 166 cm³/mol. The Morgan fingerprint density at radius 2 is 1.79 bits per heavy atom. The monoisotopic (exact) mass is 685 g/mol. The largest absolute Gasteiger partial charge is 0.496 e. The Bertz CT molecular complexity index is 1360. The van der Waals surface area contributed by atoms with Crippen LogP contribution in [0.15, 0.2) is 24.3 Å². The molecule has 3 rings (SSSR count). The normalized spacial score (nSPS) is 13.6. The molecule has 0 radical (unpaired) electrons. The van der Waals surface area contributed by atoms with E-state index >= 15 is 0 Å². The first-order valence-electron chi connectivity index (χ1n) is 14.2. The zero-order valence-corrected chi connectivity index (χ0v) is 27.4. The van der Waals surface area contributed by atoms with Gasteiger partial charge in [-0.3, -0.25) is 0 Å². The van der Waals surface area contributed by atoms with Crippen molar-refractivity contribution in [3.8, 4) is 17.4 Å². The van der Waals surface area contributed by atoms with Crippen molar-refractivity contribution < 1.29 is 58.2 Å². The molecule has 2 heterocycles. The summed E-state index contributed by atoms with van der Waals surface area (Å²) in [4.78, 5) is 49.1. The average molecular weight is 686 g/mol. The minimum Gasteiger partial charge on any atom is -0.496 e. The molecule has 1 atom stereocenters. The van der Waals surface area contributed by atoms with Gasteiger partial charge in [0.1, 0.15) is 43.0 Å². The lowest BCUT2D eigenvalue weighted by Crippen LogP contribution is -2.44. The van der Waals surface area contributed by atoms with Crippen LogP contribution in [0.4, 0.5) is 5.82 Å². The van der Waals surface area contributed by atoms with E-state index in [0.29, 0.717) is 68.0 Å². The van der Waals surface area contributed by atoms with Crippen LogP contribution < -0.4 is 24.4 Å². The van der Waals surface area contributed by atoms with Gasteiger partial charge >= 0.3 is 17.9 Å². The lowest BCUT2D eigenvalue weighted by molar-refractivity contribution is -0.757. The fourth-order valence-electron chi connectivity index (χ4n) is 3.81. The molecule has 0 saturated carbocycles. The van der Waals surface area contributed by atoms with E-state index in [0.717, 1.165) is 11.7 Å². The summed E-state index contributed by atoms with van der Waals surface area (Å²) in [5.74, 6) is -1.47. The number of carboxylic acids is 2. The molecule has 0 spiro atoms. The van der Waals surface area contributed by atoms with Gasteiger partial charge in [0.15, 0.2) is 0 Å². The summed E-state index contributed by atoms with van der Waals surface area (Å²) in [6.07, 6.45) is 0.459. The Morgan fingerprint density at radius 3 is 2.36 bits per heavy atom. The number of hydrogen-bond donors (Lipinski definition) is 3. The van der Waals surface area contributed by atoms with Crippen molar-refractivity contribution >= 4 is 35.5 Å². The highest BCUT2D eigenvalue weighted by Crippen LogP contribution is 2.30. The molecule has 0 unspecified atom stereocenters. The second-order valence-corrected chi connectivity index (χ2v) is 11.2. The van der Waals surface area contributed by atoms with E-state index in [9.17, 15) is 24.5 Å². The Balaban J connectivity index is 0.000000849. The number of aliphatic carboxylic acids is 2. The molecule has 260 valence electrons. The molecule has 47 heavy (non-hydrogen) atoms. The standard InChI is InChI=1S/C24H35N5O9S.C4H4O4/c1-16-12-17(35-10-11-37-29(31)32)13-19(33-5)20(16)23(30)38-18(14-25-24(2,3)4)15-36-22-21(26-39-27-22)28-6-8-34-9-7-28;5-3(6)1-2-4(7)8/h12-13,18,25H,6-11,14-15H2,1-5H3;1-2H,(H,5,6)(H,7,8)/b;2-1-/t18-;/m0./s1. The third kappa shape index (κ3) is 14.5. The Labute approximate surface area is 274 Å². The number of carbonyl (C=O) groups is 3. The highest BCUT2D eigenvalue weighted by molar-refractivity contribution is 6.99.